The molecule has 26 heavy (non-hydrogen) atoms. The summed E-state index contributed by atoms with van der Waals surface area (Å²) in [6.45, 7) is 4.43. The van der Waals surface area contributed by atoms with Gasteiger partial charge in [-0.15, -0.1) is 0 Å². The smallest absolute Gasteiger partial charge is 0.296 e. The highest BCUT2D eigenvalue weighted by atomic mass is 19.1. The maximum atomic E-state index is 12.9. The van der Waals surface area contributed by atoms with Crippen LogP contribution in [0.15, 0.2) is 29.1 Å². The largest absolute Gasteiger partial charge is 0.501 e. The molecule has 1 aromatic carbocycles. The van der Waals surface area contributed by atoms with Crippen LogP contribution >= 0.6 is 0 Å². The summed E-state index contributed by atoms with van der Waals surface area (Å²) >= 11 is 0. The van der Waals surface area contributed by atoms with Crippen LogP contribution in [0.4, 0.5) is 4.39 Å². The van der Waals surface area contributed by atoms with Gasteiger partial charge in [-0.2, -0.15) is 0 Å². The molecule has 1 aromatic heterocycles. The van der Waals surface area contributed by atoms with E-state index in [1.54, 1.807) is 13.8 Å². The molecule has 2 aromatic rings. The molecule has 1 aliphatic rings. The second-order valence-electron chi connectivity index (χ2n) is 6.61. The van der Waals surface area contributed by atoms with Crippen LogP contribution < -0.4 is 10.9 Å². The summed E-state index contributed by atoms with van der Waals surface area (Å²) in [7, 11) is 0. The van der Waals surface area contributed by atoms with Crippen molar-refractivity contribution in [3.05, 3.63) is 57.5 Å². The Kier molecular flexibility index (Phi) is 4.78. The molecule has 3 rings (SSSR count). The number of hydrogen-bond acceptors (Lipinski definition) is 5. The number of aromatic nitrogens is 2. The molecule has 0 saturated heterocycles. The van der Waals surface area contributed by atoms with E-state index in [1.807, 2.05) is 0 Å². The Labute approximate surface area is 149 Å². The number of rotatable bonds is 3. The van der Waals surface area contributed by atoms with E-state index >= 15 is 0 Å². The van der Waals surface area contributed by atoms with Gasteiger partial charge >= 0.3 is 0 Å². The lowest BCUT2D eigenvalue weighted by molar-refractivity contribution is -0.0227. The Morgan fingerprint density at radius 2 is 2.08 bits per heavy atom. The van der Waals surface area contributed by atoms with E-state index in [0.29, 0.717) is 31.0 Å². The second kappa shape index (κ2) is 6.87. The van der Waals surface area contributed by atoms with Gasteiger partial charge in [0.1, 0.15) is 17.2 Å². The van der Waals surface area contributed by atoms with Gasteiger partial charge in [0.2, 0.25) is 5.75 Å². The summed E-state index contributed by atoms with van der Waals surface area (Å²) in [6.07, 6.45) is 0.605. The SMILES string of the molecule is CC1(C)OCCCn2c1nc(C(=O)NCc1ccc(F)cc1)c(O)c2=O. The van der Waals surface area contributed by atoms with Crippen LogP contribution in [-0.4, -0.2) is 27.2 Å². The van der Waals surface area contributed by atoms with Crippen LogP contribution in [0.1, 0.15) is 42.1 Å². The number of carbonyl (C=O) groups is 1. The molecule has 7 nitrogen and oxygen atoms in total. The molecule has 1 aliphatic heterocycles. The molecule has 0 saturated carbocycles. The number of carbonyl (C=O) groups excluding carboxylic acids is 1. The molecule has 138 valence electrons. The fraction of sp³-hybridized carbons (Fsp3) is 0.389. The molecule has 1 amide bonds. The van der Waals surface area contributed by atoms with Crippen LogP contribution in [0, 0.1) is 5.82 Å². The monoisotopic (exact) mass is 361 g/mol. The first-order valence-corrected chi connectivity index (χ1v) is 8.30. The van der Waals surface area contributed by atoms with Crippen molar-refractivity contribution in [2.75, 3.05) is 6.61 Å². The minimum Gasteiger partial charge on any atom is -0.501 e. The Bertz CT molecular complexity index is 891. The summed E-state index contributed by atoms with van der Waals surface area (Å²) in [6, 6.07) is 5.63. The van der Waals surface area contributed by atoms with Crippen molar-refractivity contribution in [1.29, 1.82) is 0 Å². The van der Waals surface area contributed by atoms with Crippen LogP contribution in [-0.2, 0) is 23.4 Å². The van der Waals surface area contributed by atoms with E-state index in [-0.39, 0.29) is 18.1 Å². The van der Waals surface area contributed by atoms with Gasteiger partial charge < -0.3 is 15.2 Å². The average Bonchev–Trinajstić information content (AvgIpc) is 2.75. The zero-order valence-electron chi connectivity index (χ0n) is 14.6. The first kappa shape index (κ1) is 18.1. The average molecular weight is 361 g/mol. The van der Waals surface area contributed by atoms with Gasteiger partial charge in [-0.3, -0.25) is 14.2 Å². The van der Waals surface area contributed by atoms with Crippen LogP contribution in [0.25, 0.3) is 0 Å². The highest BCUT2D eigenvalue weighted by Crippen LogP contribution is 2.26. The third kappa shape index (κ3) is 3.45. The lowest BCUT2D eigenvalue weighted by Crippen LogP contribution is -2.35. The van der Waals surface area contributed by atoms with Gasteiger partial charge in [0.15, 0.2) is 5.69 Å². The molecular weight excluding hydrogens is 341 g/mol. The van der Waals surface area contributed by atoms with Crippen LogP contribution in [0.5, 0.6) is 5.75 Å². The molecule has 0 fully saturated rings. The van der Waals surface area contributed by atoms with E-state index in [4.69, 9.17) is 4.74 Å². The molecule has 2 N–H and O–H groups in total. The first-order chi connectivity index (χ1) is 12.3. The minimum absolute atomic E-state index is 0.110. The molecule has 0 unspecified atom stereocenters. The lowest BCUT2D eigenvalue weighted by atomic mass is 10.1. The van der Waals surface area contributed by atoms with Crippen molar-refractivity contribution in [3.63, 3.8) is 0 Å². The summed E-state index contributed by atoms with van der Waals surface area (Å²) in [4.78, 5) is 29.2. The number of amides is 1. The summed E-state index contributed by atoms with van der Waals surface area (Å²) < 4.78 is 20.0. The summed E-state index contributed by atoms with van der Waals surface area (Å²) in [5.41, 5.74) is -1.20. The molecule has 0 atom stereocenters. The maximum Gasteiger partial charge on any atom is 0.296 e. The van der Waals surface area contributed by atoms with E-state index < -0.39 is 22.8 Å². The second-order valence-corrected chi connectivity index (χ2v) is 6.61. The minimum atomic E-state index is -0.866. The fourth-order valence-electron chi connectivity index (χ4n) is 2.85. The van der Waals surface area contributed by atoms with Gasteiger partial charge in [-0.1, -0.05) is 12.1 Å². The van der Waals surface area contributed by atoms with Crippen molar-refractivity contribution in [2.45, 2.75) is 39.0 Å². The Morgan fingerprint density at radius 1 is 1.38 bits per heavy atom. The zero-order chi connectivity index (χ0) is 18.9. The highest BCUT2D eigenvalue weighted by molar-refractivity contribution is 5.94. The summed E-state index contributed by atoms with van der Waals surface area (Å²) in [5, 5.41) is 12.8. The summed E-state index contributed by atoms with van der Waals surface area (Å²) in [5.74, 6) is -1.46. The van der Waals surface area contributed by atoms with Crippen molar-refractivity contribution in [3.8, 4) is 5.75 Å². The van der Waals surface area contributed by atoms with Crippen LogP contribution in [0.3, 0.4) is 0 Å². The van der Waals surface area contributed by atoms with Gasteiger partial charge in [0.25, 0.3) is 11.5 Å². The van der Waals surface area contributed by atoms with Crippen molar-refractivity contribution >= 4 is 5.91 Å². The Balaban J connectivity index is 1.91. The number of benzene rings is 1. The van der Waals surface area contributed by atoms with Crippen molar-refractivity contribution in [1.82, 2.24) is 14.9 Å². The predicted octanol–water partition coefficient (Wildman–Crippen LogP) is 1.67. The van der Waals surface area contributed by atoms with Gasteiger partial charge in [-0.25, -0.2) is 9.37 Å². The molecular formula is C18H20FN3O4. The lowest BCUT2D eigenvalue weighted by Gasteiger charge is -2.24. The number of fused-ring (bicyclic) bond motifs is 1. The number of aromatic hydroxyl groups is 1. The van der Waals surface area contributed by atoms with E-state index in [9.17, 15) is 19.1 Å². The van der Waals surface area contributed by atoms with E-state index in [0.717, 1.165) is 0 Å². The van der Waals surface area contributed by atoms with Crippen LogP contribution in [0.2, 0.25) is 0 Å². The predicted molar refractivity (Wildman–Crippen MR) is 91.3 cm³/mol. The topological polar surface area (TPSA) is 93.5 Å². The molecule has 8 heteroatoms. The molecule has 0 bridgehead atoms. The molecule has 0 spiro atoms. The van der Waals surface area contributed by atoms with Gasteiger partial charge in [-0.05, 0) is 38.0 Å². The van der Waals surface area contributed by atoms with E-state index in [2.05, 4.69) is 10.3 Å². The van der Waals surface area contributed by atoms with Gasteiger partial charge in [0, 0.05) is 19.7 Å². The fourth-order valence-corrected chi connectivity index (χ4v) is 2.85. The third-order valence-electron chi connectivity index (χ3n) is 4.25. The number of nitrogens with one attached hydrogen (secondary N) is 1. The van der Waals surface area contributed by atoms with Gasteiger partial charge in [0.05, 0.1) is 0 Å². The number of hydrogen-bond donors (Lipinski definition) is 2. The highest BCUT2D eigenvalue weighted by Gasteiger charge is 2.33. The first-order valence-electron chi connectivity index (χ1n) is 8.30. The molecule has 0 aliphatic carbocycles. The zero-order valence-corrected chi connectivity index (χ0v) is 14.6. The normalized spacial score (nSPS) is 15.8. The standard InChI is InChI=1S/C18H20FN3O4/c1-18(2)17-21-13(14(23)16(25)22(17)8-3-9-26-18)15(24)20-10-11-4-6-12(19)7-5-11/h4-7,23H,3,8-10H2,1-2H3,(H,20,24). The number of ether oxygens (including phenoxy) is 1. The van der Waals surface area contributed by atoms with E-state index in [1.165, 1.54) is 28.8 Å². The number of halogens is 1. The third-order valence-corrected chi connectivity index (χ3v) is 4.25. The van der Waals surface area contributed by atoms with Crippen molar-refractivity contribution in [2.24, 2.45) is 0 Å². The Morgan fingerprint density at radius 3 is 2.77 bits per heavy atom. The maximum absolute atomic E-state index is 12.9. The van der Waals surface area contributed by atoms with Crippen molar-refractivity contribution < 1.29 is 19.0 Å². The Hall–Kier alpha value is -2.74. The molecule has 0 radical (unpaired) electrons. The molecule has 2 heterocycles. The number of nitrogens with zero attached hydrogens (tertiary/aromatic N) is 2. The quantitative estimate of drug-likeness (QED) is 0.867.